The predicted molar refractivity (Wildman–Crippen MR) is 142 cm³/mol. The van der Waals surface area contributed by atoms with Crippen molar-refractivity contribution in [1.29, 1.82) is 0 Å². The minimum absolute atomic E-state index is 0.0290. The lowest BCUT2D eigenvalue weighted by molar-refractivity contribution is -0.141. The van der Waals surface area contributed by atoms with Gasteiger partial charge < -0.3 is 31.2 Å². The first-order chi connectivity index (χ1) is 17.7. The number of ether oxygens (including phenoxy) is 2. The zero-order valence-electron chi connectivity index (χ0n) is 21.8. The fourth-order valence-corrected chi connectivity index (χ4v) is 3.58. The van der Waals surface area contributed by atoms with Gasteiger partial charge in [0.2, 0.25) is 17.7 Å². The molecule has 0 aromatic heterocycles. The highest BCUT2D eigenvalue weighted by Crippen LogP contribution is 2.14. The Morgan fingerprint density at radius 1 is 0.973 bits per heavy atom. The molecule has 0 bridgehead atoms. The Morgan fingerprint density at radius 3 is 2.22 bits per heavy atom. The Morgan fingerprint density at radius 2 is 1.65 bits per heavy atom. The van der Waals surface area contributed by atoms with Gasteiger partial charge in [-0.05, 0) is 49.9 Å². The van der Waals surface area contributed by atoms with Crippen molar-refractivity contribution >= 4 is 23.7 Å². The first-order valence-electron chi connectivity index (χ1n) is 12.3. The summed E-state index contributed by atoms with van der Waals surface area (Å²) in [6.07, 6.45) is 5.39. The van der Waals surface area contributed by atoms with Gasteiger partial charge >= 0.3 is 5.97 Å². The lowest BCUT2D eigenvalue weighted by atomic mass is 10.0. The average molecular weight is 517 g/mol. The molecule has 0 radical (unpaired) electrons. The van der Waals surface area contributed by atoms with Crippen LogP contribution in [0, 0.1) is 0 Å². The van der Waals surface area contributed by atoms with Crippen molar-refractivity contribution in [1.82, 2.24) is 16.0 Å². The van der Waals surface area contributed by atoms with Crippen LogP contribution in [0.15, 0.2) is 49.6 Å². The SMILES string of the molecule is C=CCOc1ccc(C[C@H](NC(C)=O)C(=O)N[C@@H](CCCCN)C(=O)N[C@@H](CC=C)CC(=O)OC)cc1. The minimum atomic E-state index is -0.902. The van der Waals surface area contributed by atoms with E-state index in [2.05, 4.69) is 29.1 Å². The lowest BCUT2D eigenvalue weighted by Crippen LogP contribution is -2.55. The van der Waals surface area contributed by atoms with Gasteiger partial charge in [-0.25, -0.2) is 0 Å². The summed E-state index contributed by atoms with van der Waals surface area (Å²) in [6.45, 7) is 9.42. The van der Waals surface area contributed by atoms with E-state index in [1.165, 1.54) is 14.0 Å². The molecule has 0 saturated heterocycles. The number of nitrogens with one attached hydrogen (secondary N) is 3. The number of methoxy groups -OCH3 is 1. The van der Waals surface area contributed by atoms with Gasteiger partial charge in [-0.2, -0.15) is 0 Å². The standard InChI is InChI=1S/C27H40N4O6/c1-5-9-21(18-25(33)36-4)30-26(34)23(10-7-8-15-28)31-27(35)24(29-19(3)32)17-20-11-13-22(14-12-20)37-16-6-2/h5-6,11-14,21,23-24H,1-2,7-10,15-18,28H2,3-4H3,(H,29,32)(H,30,34)(H,31,35)/t21-,23-,24-/m0/s1. The molecule has 1 aromatic rings. The van der Waals surface area contributed by atoms with E-state index in [-0.39, 0.29) is 18.7 Å². The molecule has 1 rings (SSSR count). The number of nitrogens with two attached hydrogens (primary N) is 1. The van der Waals surface area contributed by atoms with E-state index in [0.29, 0.717) is 44.6 Å². The van der Waals surface area contributed by atoms with Crippen LogP contribution >= 0.6 is 0 Å². The Bertz CT molecular complexity index is 903. The van der Waals surface area contributed by atoms with Gasteiger partial charge in [0.05, 0.1) is 13.5 Å². The van der Waals surface area contributed by atoms with Crippen molar-refractivity contribution < 1.29 is 28.7 Å². The smallest absolute Gasteiger partial charge is 0.307 e. The summed E-state index contributed by atoms with van der Waals surface area (Å²) in [5.41, 5.74) is 6.40. The second-order valence-electron chi connectivity index (χ2n) is 8.56. The first kappa shape index (κ1) is 31.4. The Labute approximate surface area is 219 Å². The van der Waals surface area contributed by atoms with Crippen LogP contribution in [0.5, 0.6) is 5.75 Å². The van der Waals surface area contributed by atoms with Gasteiger partial charge in [-0.15, -0.1) is 6.58 Å². The predicted octanol–water partition coefficient (Wildman–Crippen LogP) is 1.54. The summed E-state index contributed by atoms with van der Waals surface area (Å²) >= 11 is 0. The maximum absolute atomic E-state index is 13.2. The fourth-order valence-electron chi connectivity index (χ4n) is 3.58. The van der Waals surface area contributed by atoms with Crippen molar-refractivity contribution in [3.8, 4) is 5.75 Å². The molecule has 204 valence electrons. The molecule has 1 aromatic carbocycles. The monoisotopic (exact) mass is 516 g/mol. The van der Waals surface area contributed by atoms with Crippen LogP contribution in [-0.4, -0.2) is 62.1 Å². The third kappa shape index (κ3) is 12.7. The first-order valence-corrected chi connectivity index (χ1v) is 12.3. The van der Waals surface area contributed by atoms with Crippen molar-refractivity contribution in [3.05, 3.63) is 55.1 Å². The van der Waals surface area contributed by atoms with E-state index in [4.69, 9.17) is 15.2 Å². The summed E-state index contributed by atoms with van der Waals surface area (Å²) < 4.78 is 10.2. The van der Waals surface area contributed by atoms with Crippen LogP contribution in [0.25, 0.3) is 0 Å². The summed E-state index contributed by atoms with van der Waals surface area (Å²) in [5, 5.41) is 8.24. The molecular formula is C27H40N4O6. The maximum Gasteiger partial charge on any atom is 0.307 e. The van der Waals surface area contributed by atoms with E-state index in [0.717, 1.165) is 5.56 Å². The molecule has 3 amide bonds. The van der Waals surface area contributed by atoms with Gasteiger partial charge in [0, 0.05) is 19.4 Å². The number of benzene rings is 1. The normalized spacial score (nSPS) is 12.8. The van der Waals surface area contributed by atoms with E-state index in [1.807, 2.05) is 0 Å². The number of carbonyl (C=O) groups excluding carboxylic acids is 4. The van der Waals surface area contributed by atoms with E-state index in [1.54, 1.807) is 36.4 Å². The molecule has 10 nitrogen and oxygen atoms in total. The Balaban J connectivity index is 2.99. The molecule has 0 saturated carbocycles. The van der Waals surface area contributed by atoms with Crippen molar-refractivity contribution in [2.75, 3.05) is 20.3 Å². The van der Waals surface area contributed by atoms with E-state index in [9.17, 15) is 19.2 Å². The zero-order chi connectivity index (χ0) is 27.6. The van der Waals surface area contributed by atoms with Crippen molar-refractivity contribution in [2.24, 2.45) is 5.73 Å². The number of unbranched alkanes of at least 4 members (excludes halogenated alkanes) is 1. The van der Waals surface area contributed by atoms with Gasteiger partial charge in [0.25, 0.3) is 0 Å². The third-order valence-electron chi connectivity index (χ3n) is 5.44. The molecule has 0 unspecified atom stereocenters. The number of hydrogen-bond donors (Lipinski definition) is 4. The summed E-state index contributed by atoms with van der Waals surface area (Å²) in [4.78, 5) is 49.9. The highest BCUT2D eigenvalue weighted by molar-refractivity contribution is 5.92. The molecule has 37 heavy (non-hydrogen) atoms. The second-order valence-corrected chi connectivity index (χ2v) is 8.56. The topological polar surface area (TPSA) is 149 Å². The van der Waals surface area contributed by atoms with Gasteiger partial charge in [0.1, 0.15) is 24.4 Å². The average Bonchev–Trinajstić information content (AvgIpc) is 2.87. The molecule has 0 aliphatic carbocycles. The molecule has 0 aliphatic rings. The molecule has 0 spiro atoms. The fraction of sp³-hybridized carbons (Fsp3) is 0.481. The highest BCUT2D eigenvalue weighted by atomic mass is 16.5. The third-order valence-corrected chi connectivity index (χ3v) is 5.44. The summed E-state index contributed by atoms with van der Waals surface area (Å²) in [5.74, 6) is -1.13. The van der Waals surface area contributed by atoms with Gasteiger partial charge in [-0.1, -0.05) is 30.9 Å². The van der Waals surface area contributed by atoms with Crippen LogP contribution in [0.4, 0.5) is 0 Å². The highest BCUT2D eigenvalue weighted by Gasteiger charge is 2.28. The molecular weight excluding hydrogens is 476 g/mol. The number of esters is 1. The maximum atomic E-state index is 13.2. The van der Waals surface area contributed by atoms with E-state index >= 15 is 0 Å². The van der Waals surface area contributed by atoms with Crippen LogP contribution in [0.2, 0.25) is 0 Å². The van der Waals surface area contributed by atoms with Crippen LogP contribution < -0.4 is 26.4 Å². The summed E-state index contributed by atoms with van der Waals surface area (Å²) in [7, 11) is 1.27. The molecule has 3 atom stereocenters. The van der Waals surface area contributed by atoms with Gasteiger partial charge in [0.15, 0.2) is 0 Å². The van der Waals surface area contributed by atoms with Crippen LogP contribution in [0.1, 0.15) is 44.6 Å². The van der Waals surface area contributed by atoms with E-state index < -0.39 is 35.9 Å². The second kappa shape index (κ2) is 17.7. The number of hydrogen-bond acceptors (Lipinski definition) is 7. The minimum Gasteiger partial charge on any atom is -0.490 e. The molecule has 0 heterocycles. The largest absolute Gasteiger partial charge is 0.490 e. The zero-order valence-corrected chi connectivity index (χ0v) is 21.8. The van der Waals surface area contributed by atoms with Crippen molar-refractivity contribution in [3.63, 3.8) is 0 Å². The molecule has 5 N–H and O–H groups in total. The Kier molecular flexibility index (Phi) is 15.0. The van der Waals surface area contributed by atoms with Crippen molar-refractivity contribution in [2.45, 2.75) is 63.6 Å². The van der Waals surface area contributed by atoms with Gasteiger partial charge in [-0.3, -0.25) is 19.2 Å². The quantitative estimate of drug-likeness (QED) is 0.131. The summed E-state index contributed by atoms with van der Waals surface area (Å²) in [6, 6.07) is 4.84. The molecule has 0 aliphatic heterocycles. The molecule has 10 heteroatoms. The molecule has 0 fully saturated rings. The number of rotatable bonds is 18. The Hall–Kier alpha value is -3.66. The lowest BCUT2D eigenvalue weighted by Gasteiger charge is -2.25. The van der Waals surface area contributed by atoms with Crippen LogP contribution in [0.3, 0.4) is 0 Å². The number of carbonyl (C=O) groups is 4. The van der Waals surface area contributed by atoms with Crippen LogP contribution in [-0.2, 0) is 30.3 Å². The number of amides is 3.